The molecule has 1 saturated heterocycles. The highest BCUT2D eigenvalue weighted by atomic mass is 32.1. The molecule has 110 valence electrons. The van der Waals surface area contributed by atoms with Crippen molar-refractivity contribution in [3.63, 3.8) is 0 Å². The summed E-state index contributed by atoms with van der Waals surface area (Å²) in [6, 6.07) is 0.785. The zero-order valence-electron chi connectivity index (χ0n) is 10.9. The fourth-order valence-corrected chi connectivity index (χ4v) is 2.87. The second-order valence-electron chi connectivity index (χ2n) is 4.48. The van der Waals surface area contributed by atoms with Gasteiger partial charge in [-0.1, -0.05) is 0 Å². The lowest BCUT2D eigenvalue weighted by molar-refractivity contribution is -0.147. The molecular weight excluding hydrogens is 296 g/mol. The lowest BCUT2D eigenvalue weighted by atomic mass is 10.2. The second-order valence-corrected chi connectivity index (χ2v) is 5.34. The Morgan fingerprint density at radius 1 is 1.48 bits per heavy atom. The van der Waals surface area contributed by atoms with Crippen molar-refractivity contribution in [2.24, 2.45) is 0 Å². The number of morpholine rings is 1. The molecule has 1 N–H and O–H groups in total. The van der Waals surface area contributed by atoms with Crippen LogP contribution in [0.15, 0.2) is 28.4 Å². The van der Waals surface area contributed by atoms with Crippen molar-refractivity contribution in [3.05, 3.63) is 29.7 Å². The summed E-state index contributed by atoms with van der Waals surface area (Å²) in [5, 5.41) is 11.4. The average molecular weight is 308 g/mol. The van der Waals surface area contributed by atoms with E-state index in [2.05, 4.69) is 4.98 Å². The molecule has 1 amide bonds. The predicted octanol–water partition coefficient (Wildman–Crippen LogP) is 1.33. The van der Waals surface area contributed by atoms with Crippen LogP contribution in [0.1, 0.15) is 10.5 Å². The molecule has 0 unspecified atom stereocenters. The molecule has 0 saturated carbocycles. The molecule has 21 heavy (non-hydrogen) atoms. The largest absolute Gasteiger partial charge is 0.480 e. The average Bonchev–Trinajstić information content (AvgIpc) is 3.17. The minimum atomic E-state index is -1.08. The first-order valence-electron chi connectivity index (χ1n) is 6.26. The van der Waals surface area contributed by atoms with Gasteiger partial charge in [-0.25, -0.2) is 9.78 Å². The van der Waals surface area contributed by atoms with Gasteiger partial charge in [0.25, 0.3) is 5.91 Å². The Bertz CT molecular complexity index is 651. The zero-order valence-corrected chi connectivity index (χ0v) is 11.7. The Labute approximate surface area is 123 Å². The summed E-state index contributed by atoms with van der Waals surface area (Å²) >= 11 is 1.31. The van der Waals surface area contributed by atoms with Gasteiger partial charge >= 0.3 is 5.97 Å². The van der Waals surface area contributed by atoms with Crippen LogP contribution in [0.3, 0.4) is 0 Å². The minimum Gasteiger partial charge on any atom is -0.480 e. The van der Waals surface area contributed by atoms with Gasteiger partial charge in [-0.05, 0) is 6.07 Å². The van der Waals surface area contributed by atoms with E-state index in [1.54, 1.807) is 17.7 Å². The number of hydrogen-bond acceptors (Lipinski definition) is 6. The van der Waals surface area contributed by atoms with Crippen molar-refractivity contribution in [2.45, 2.75) is 6.04 Å². The summed E-state index contributed by atoms with van der Waals surface area (Å²) in [6.45, 7) is 0.572. The molecule has 0 bridgehead atoms. The summed E-state index contributed by atoms with van der Waals surface area (Å²) in [4.78, 5) is 29.2. The van der Waals surface area contributed by atoms with E-state index in [9.17, 15) is 9.59 Å². The maximum absolute atomic E-state index is 12.4. The molecule has 1 aliphatic rings. The maximum Gasteiger partial charge on any atom is 0.328 e. The highest BCUT2D eigenvalue weighted by Gasteiger charge is 2.34. The van der Waals surface area contributed by atoms with Crippen LogP contribution in [0.4, 0.5) is 0 Å². The number of carbonyl (C=O) groups is 2. The standard InChI is InChI=1S/C13H12N2O5S/c16-12(15-2-4-20-6-10(15)13(17)18)9-7-21-11(14-9)8-1-3-19-5-8/h1,3,5,7,10H,2,4,6H2,(H,17,18)/t10-/m0/s1. The first-order valence-corrected chi connectivity index (χ1v) is 7.14. The lowest BCUT2D eigenvalue weighted by Gasteiger charge is -2.32. The number of carboxylic acids is 1. The highest BCUT2D eigenvalue weighted by molar-refractivity contribution is 7.13. The third-order valence-electron chi connectivity index (χ3n) is 3.17. The number of ether oxygens (including phenoxy) is 1. The smallest absolute Gasteiger partial charge is 0.328 e. The Hall–Kier alpha value is -2.19. The van der Waals surface area contributed by atoms with Gasteiger partial charge in [-0.15, -0.1) is 11.3 Å². The van der Waals surface area contributed by atoms with Crippen LogP contribution < -0.4 is 0 Å². The number of aromatic nitrogens is 1. The van der Waals surface area contributed by atoms with E-state index >= 15 is 0 Å². The molecule has 7 nitrogen and oxygen atoms in total. The van der Waals surface area contributed by atoms with Crippen molar-refractivity contribution in [2.75, 3.05) is 19.8 Å². The number of carbonyl (C=O) groups excluding carboxylic acids is 1. The van der Waals surface area contributed by atoms with Gasteiger partial charge < -0.3 is 19.2 Å². The third-order valence-corrected chi connectivity index (χ3v) is 4.06. The van der Waals surface area contributed by atoms with Crippen LogP contribution in [-0.2, 0) is 9.53 Å². The molecule has 3 rings (SSSR count). The summed E-state index contributed by atoms with van der Waals surface area (Å²) in [5.74, 6) is -1.47. The quantitative estimate of drug-likeness (QED) is 0.919. The highest BCUT2D eigenvalue weighted by Crippen LogP contribution is 2.25. The van der Waals surface area contributed by atoms with Gasteiger partial charge in [-0.2, -0.15) is 0 Å². The molecule has 8 heteroatoms. The molecule has 0 spiro atoms. The van der Waals surface area contributed by atoms with Crippen molar-refractivity contribution < 1.29 is 23.8 Å². The Morgan fingerprint density at radius 3 is 3.05 bits per heavy atom. The molecule has 1 atom stereocenters. The Balaban J connectivity index is 1.83. The summed E-state index contributed by atoms with van der Waals surface area (Å²) in [6.07, 6.45) is 3.07. The summed E-state index contributed by atoms with van der Waals surface area (Å²) in [7, 11) is 0. The van der Waals surface area contributed by atoms with Crippen molar-refractivity contribution in [3.8, 4) is 10.6 Å². The van der Waals surface area contributed by atoms with Gasteiger partial charge in [0.1, 0.15) is 17.0 Å². The molecule has 0 aliphatic carbocycles. The van der Waals surface area contributed by atoms with Crippen LogP contribution >= 0.6 is 11.3 Å². The number of nitrogens with zero attached hydrogens (tertiary/aromatic N) is 2. The van der Waals surface area contributed by atoms with Crippen LogP contribution in [0, 0.1) is 0 Å². The summed E-state index contributed by atoms with van der Waals surface area (Å²) < 4.78 is 10.1. The molecule has 2 aromatic heterocycles. The number of furan rings is 1. The van der Waals surface area contributed by atoms with E-state index in [0.29, 0.717) is 11.6 Å². The zero-order chi connectivity index (χ0) is 14.8. The molecular formula is C13H12N2O5S. The molecule has 3 heterocycles. The fourth-order valence-electron chi connectivity index (χ4n) is 2.09. The fraction of sp³-hybridized carbons (Fsp3) is 0.308. The van der Waals surface area contributed by atoms with E-state index in [-0.39, 0.29) is 18.8 Å². The number of carboxylic acid groups (broad SMARTS) is 1. The first kappa shape index (κ1) is 13.8. The van der Waals surface area contributed by atoms with Crippen LogP contribution in [-0.4, -0.2) is 52.7 Å². The number of thiazole rings is 1. The third kappa shape index (κ3) is 2.67. The molecule has 0 radical (unpaired) electrons. The molecule has 1 aliphatic heterocycles. The van der Waals surface area contributed by atoms with Gasteiger partial charge in [-0.3, -0.25) is 4.79 Å². The van der Waals surface area contributed by atoms with E-state index < -0.39 is 17.9 Å². The van der Waals surface area contributed by atoms with Crippen molar-refractivity contribution in [1.82, 2.24) is 9.88 Å². The maximum atomic E-state index is 12.4. The van der Waals surface area contributed by atoms with E-state index in [1.807, 2.05) is 0 Å². The van der Waals surface area contributed by atoms with Gasteiger partial charge in [0.2, 0.25) is 0 Å². The predicted molar refractivity (Wildman–Crippen MR) is 73.1 cm³/mol. The molecule has 1 fully saturated rings. The molecule has 2 aromatic rings. The number of rotatable bonds is 3. The van der Waals surface area contributed by atoms with Crippen LogP contribution in [0.5, 0.6) is 0 Å². The minimum absolute atomic E-state index is 0.000200. The van der Waals surface area contributed by atoms with Gasteiger partial charge in [0.15, 0.2) is 6.04 Å². The monoisotopic (exact) mass is 308 g/mol. The van der Waals surface area contributed by atoms with Crippen LogP contribution in [0.2, 0.25) is 0 Å². The first-order chi connectivity index (χ1) is 10.2. The van der Waals surface area contributed by atoms with Gasteiger partial charge in [0.05, 0.1) is 19.5 Å². The Kier molecular flexibility index (Phi) is 3.72. The number of aliphatic carboxylic acids is 1. The van der Waals surface area contributed by atoms with Crippen molar-refractivity contribution in [1.29, 1.82) is 0 Å². The second kappa shape index (κ2) is 5.66. The van der Waals surface area contributed by atoms with Crippen molar-refractivity contribution >= 4 is 23.2 Å². The van der Waals surface area contributed by atoms with E-state index in [0.717, 1.165) is 5.56 Å². The normalized spacial score (nSPS) is 18.7. The SMILES string of the molecule is O=C(O)[C@@H]1COCCN1C(=O)c1csc(-c2ccoc2)n1. The lowest BCUT2D eigenvalue weighted by Crippen LogP contribution is -2.52. The number of hydrogen-bond donors (Lipinski definition) is 1. The van der Waals surface area contributed by atoms with E-state index in [1.165, 1.54) is 22.5 Å². The topological polar surface area (TPSA) is 92.9 Å². The molecule has 0 aromatic carbocycles. The Morgan fingerprint density at radius 2 is 2.33 bits per heavy atom. The van der Waals surface area contributed by atoms with Crippen LogP contribution in [0.25, 0.3) is 10.6 Å². The number of amides is 1. The van der Waals surface area contributed by atoms with Gasteiger partial charge in [0, 0.05) is 17.5 Å². The van der Waals surface area contributed by atoms with E-state index in [4.69, 9.17) is 14.3 Å². The summed E-state index contributed by atoms with van der Waals surface area (Å²) in [5.41, 5.74) is 1.03.